The van der Waals surface area contributed by atoms with Gasteiger partial charge in [-0.3, -0.25) is 14.3 Å². The molecule has 0 radical (unpaired) electrons. The Labute approximate surface area is 105 Å². The number of nitrogens with zero attached hydrogens (tertiary/aromatic N) is 2. The van der Waals surface area contributed by atoms with E-state index in [1.165, 1.54) is 0 Å². The second-order valence-corrected chi connectivity index (χ2v) is 5.02. The van der Waals surface area contributed by atoms with E-state index in [0.717, 1.165) is 6.42 Å². The number of carbonyl (C=O) groups excluding carboxylic acids is 1. The first kappa shape index (κ1) is 12.6. The molecule has 1 heterocycles. The molecule has 1 aromatic rings. The van der Waals surface area contributed by atoms with Gasteiger partial charge in [-0.25, -0.2) is 0 Å². The number of aliphatic carboxylic acids is 1. The van der Waals surface area contributed by atoms with E-state index in [0.29, 0.717) is 18.5 Å². The number of rotatable bonds is 3. The Hall–Kier alpha value is -1.85. The first-order valence-electron chi connectivity index (χ1n) is 5.97. The van der Waals surface area contributed by atoms with Crippen LogP contribution in [0.3, 0.4) is 0 Å². The van der Waals surface area contributed by atoms with E-state index in [-0.39, 0.29) is 11.9 Å². The molecule has 0 spiro atoms. The number of hydrogen-bond acceptors (Lipinski definition) is 3. The largest absolute Gasteiger partial charge is 0.481 e. The van der Waals surface area contributed by atoms with E-state index < -0.39 is 11.4 Å². The maximum absolute atomic E-state index is 11.9. The van der Waals surface area contributed by atoms with Crippen molar-refractivity contribution >= 4 is 11.9 Å². The molecule has 18 heavy (non-hydrogen) atoms. The topological polar surface area (TPSA) is 84.2 Å². The van der Waals surface area contributed by atoms with Crippen LogP contribution in [0.5, 0.6) is 0 Å². The smallest absolute Gasteiger partial charge is 0.311 e. The lowest BCUT2D eigenvalue weighted by molar-refractivity contribution is -0.148. The lowest BCUT2D eigenvalue weighted by atomic mass is 9.85. The van der Waals surface area contributed by atoms with Crippen LogP contribution in [0.15, 0.2) is 12.3 Å². The molecule has 1 aromatic heterocycles. The van der Waals surface area contributed by atoms with Crippen molar-refractivity contribution in [2.24, 2.45) is 12.5 Å². The molecular weight excluding hydrogens is 234 g/mol. The van der Waals surface area contributed by atoms with Crippen LogP contribution in [0.1, 0.15) is 36.7 Å². The van der Waals surface area contributed by atoms with Crippen molar-refractivity contribution in [3.05, 3.63) is 18.0 Å². The first-order chi connectivity index (χ1) is 8.43. The highest BCUT2D eigenvalue weighted by atomic mass is 16.4. The Morgan fingerprint density at radius 3 is 2.89 bits per heavy atom. The standard InChI is InChI=1S/C12H17N3O3/c1-12(11(17)18)6-3-4-9(12)13-10(16)8-5-7-15(2)14-8/h5,7,9H,3-4,6H2,1-2H3,(H,13,16)(H,17,18). The van der Waals surface area contributed by atoms with Crippen molar-refractivity contribution in [3.63, 3.8) is 0 Å². The summed E-state index contributed by atoms with van der Waals surface area (Å²) in [5, 5.41) is 16.0. The number of carboxylic acids is 1. The van der Waals surface area contributed by atoms with Crippen LogP contribution in [-0.4, -0.2) is 32.8 Å². The third-order valence-electron chi connectivity index (χ3n) is 3.70. The maximum Gasteiger partial charge on any atom is 0.311 e. The molecule has 1 aliphatic carbocycles. The molecule has 0 aromatic carbocycles. The molecule has 1 saturated carbocycles. The zero-order valence-corrected chi connectivity index (χ0v) is 10.5. The molecule has 1 aliphatic rings. The Bertz CT molecular complexity index is 483. The van der Waals surface area contributed by atoms with Crippen LogP contribution < -0.4 is 5.32 Å². The number of aryl methyl sites for hydroxylation is 1. The van der Waals surface area contributed by atoms with Gasteiger partial charge in [-0.2, -0.15) is 5.10 Å². The van der Waals surface area contributed by atoms with Crippen molar-refractivity contribution in [1.29, 1.82) is 0 Å². The molecule has 0 saturated heterocycles. The van der Waals surface area contributed by atoms with Gasteiger partial charge in [0.25, 0.3) is 5.91 Å². The minimum absolute atomic E-state index is 0.310. The van der Waals surface area contributed by atoms with E-state index in [9.17, 15) is 14.7 Å². The van der Waals surface area contributed by atoms with Crippen LogP contribution in [-0.2, 0) is 11.8 Å². The fraction of sp³-hybridized carbons (Fsp3) is 0.583. The number of amides is 1. The molecule has 2 atom stereocenters. The molecule has 6 nitrogen and oxygen atoms in total. The molecule has 6 heteroatoms. The number of carbonyl (C=O) groups is 2. The van der Waals surface area contributed by atoms with E-state index in [1.807, 2.05) is 0 Å². The Kier molecular flexibility index (Phi) is 3.11. The highest BCUT2D eigenvalue weighted by Crippen LogP contribution is 2.38. The fourth-order valence-electron chi connectivity index (χ4n) is 2.42. The van der Waals surface area contributed by atoms with Gasteiger partial charge >= 0.3 is 5.97 Å². The average Bonchev–Trinajstić information content (AvgIpc) is 2.87. The summed E-state index contributed by atoms with van der Waals surface area (Å²) in [4.78, 5) is 23.2. The highest BCUT2D eigenvalue weighted by molar-refractivity contribution is 5.93. The zero-order valence-electron chi connectivity index (χ0n) is 10.5. The van der Waals surface area contributed by atoms with Crippen LogP contribution in [0, 0.1) is 5.41 Å². The van der Waals surface area contributed by atoms with Crippen LogP contribution in [0.2, 0.25) is 0 Å². The summed E-state index contributed by atoms with van der Waals surface area (Å²) in [6.07, 6.45) is 3.78. The van der Waals surface area contributed by atoms with Crippen LogP contribution >= 0.6 is 0 Å². The second-order valence-electron chi connectivity index (χ2n) is 5.02. The zero-order chi connectivity index (χ0) is 13.3. The van der Waals surface area contributed by atoms with E-state index in [2.05, 4.69) is 10.4 Å². The highest BCUT2D eigenvalue weighted by Gasteiger charge is 2.46. The predicted molar refractivity (Wildman–Crippen MR) is 64.1 cm³/mol. The van der Waals surface area contributed by atoms with Crippen molar-refractivity contribution in [2.45, 2.75) is 32.2 Å². The van der Waals surface area contributed by atoms with E-state index in [4.69, 9.17) is 0 Å². The average molecular weight is 251 g/mol. The van der Waals surface area contributed by atoms with Crippen LogP contribution in [0.25, 0.3) is 0 Å². The van der Waals surface area contributed by atoms with Crippen molar-refractivity contribution < 1.29 is 14.7 Å². The van der Waals surface area contributed by atoms with Gasteiger partial charge in [0.2, 0.25) is 0 Å². The number of carboxylic acid groups (broad SMARTS) is 1. The second kappa shape index (κ2) is 4.44. The van der Waals surface area contributed by atoms with Gasteiger partial charge in [0.1, 0.15) is 5.69 Å². The predicted octanol–water partition coefficient (Wildman–Crippen LogP) is 0.793. The van der Waals surface area contributed by atoms with Gasteiger partial charge in [0.05, 0.1) is 5.41 Å². The molecule has 2 N–H and O–H groups in total. The molecule has 0 bridgehead atoms. The molecule has 1 amide bonds. The number of aromatic nitrogens is 2. The molecule has 98 valence electrons. The van der Waals surface area contributed by atoms with Gasteiger partial charge in [0.15, 0.2) is 0 Å². The summed E-state index contributed by atoms with van der Waals surface area (Å²) >= 11 is 0. The summed E-state index contributed by atoms with van der Waals surface area (Å²) in [6.45, 7) is 1.69. The van der Waals surface area contributed by atoms with Gasteiger partial charge in [0, 0.05) is 19.3 Å². The maximum atomic E-state index is 11.9. The molecular formula is C12H17N3O3. The summed E-state index contributed by atoms with van der Waals surface area (Å²) < 4.78 is 1.54. The quantitative estimate of drug-likeness (QED) is 0.832. The van der Waals surface area contributed by atoms with E-state index >= 15 is 0 Å². The molecule has 2 unspecified atom stereocenters. The fourth-order valence-corrected chi connectivity index (χ4v) is 2.42. The van der Waals surface area contributed by atoms with Gasteiger partial charge in [-0.1, -0.05) is 6.42 Å². The van der Waals surface area contributed by atoms with Crippen molar-refractivity contribution in [2.75, 3.05) is 0 Å². The third kappa shape index (κ3) is 2.10. The summed E-state index contributed by atoms with van der Waals surface area (Å²) in [5.74, 6) is -1.17. The molecule has 2 rings (SSSR count). The Morgan fingerprint density at radius 1 is 1.61 bits per heavy atom. The Morgan fingerprint density at radius 2 is 2.33 bits per heavy atom. The van der Waals surface area contributed by atoms with Crippen molar-refractivity contribution in [1.82, 2.24) is 15.1 Å². The lowest BCUT2D eigenvalue weighted by Gasteiger charge is -2.27. The molecule has 0 aliphatic heterocycles. The van der Waals surface area contributed by atoms with E-state index in [1.54, 1.807) is 30.9 Å². The monoisotopic (exact) mass is 251 g/mol. The normalized spacial score (nSPS) is 27.1. The third-order valence-corrected chi connectivity index (χ3v) is 3.70. The summed E-state index contributed by atoms with van der Waals surface area (Å²) in [7, 11) is 1.73. The Balaban J connectivity index is 2.10. The van der Waals surface area contributed by atoms with Gasteiger partial charge in [-0.05, 0) is 25.8 Å². The van der Waals surface area contributed by atoms with Crippen LogP contribution in [0.4, 0.5) is 0 Å². The summed E-state index contributed by atoms with van der Waals surface area (Å²) in [5.41, 5.74) is -0.554. The SMILES string of the molecule is Cn1ccc(C(=O)NC2CCCC2(C)C(=O)O)n1. The number of nitrogens with one attached hydrogen (secondary N) is 1. The van der Waals surface area contributed by atoms with Crippen molar-refractivity contribution in [3.8, 4) is 0 Å². The minimum atomic E-state index is -0.871. The number of hydrogen-bond donors (Lipinski definition) is 2. The molecule has 1 fully saturated rings. The lowest BCUT2D eigenvalue weighted by Crippen LogP contribution is -2.47. The first-order valence-corrected chi connectivity index (χ1v) is 5.97. The van der Waals surface area contributed by atoms with Gasteiger partial charge < -0.3 is 10.4 Å². The summed E-state index contributed by atoms with van der Waals surface area (Å²) in [6, 6.07) is 1.28. The minimum Gasteiger partial charge on any atom is -0.481 e. The van der Waals surface area contributed by atoms with Gasteiger partial charge in [-0.15, -0.1) is 0 Å².